The third-order valence-corrected chi connectivity index (χ3v) is 5.01. The number of benzene rings is 1. The lowest BCUT2D eigenvalue weighted by molar-refractivity contribution is -0.115. The zero-order valence-corrected chi connectivity index (χ0v) is 10.3. The van der Waals surface area contributed by atoms with Gasteiger partial charge >= 0.3 is 0 Å². The molecule has 0 radical (unpaired) electrons. The van der Waals surface area contributed by atoms with E-state index in [1.165, 1.54) is 0 Å². The molecular weight excluding hydrogens is 240 g/mol. The highest BCUT2D eigenvalue weighted by Gasteiger charge is 2.39. The van der Waals surface area contributed by atoms with Crippen LogP contribution in [0.2, 0.25) is 0 Å². The number of aryl methyl sites for hydroxylation is 1. The molecule has 17 heavy (non-hydrogen) atoms. The zero-order chi connectivity index (χ0) is 12.6. The molecule has 0 aromatic heterocycles. The Labute approximate surface area is 99.9 Å². The van der Waals surface area contributed by atoms with Gasteiger partial charge < -0.3 is 11.1 Å². The molecule has 5 nitrogen and oxygen atoms in total. The number of nitrogens with two attached hydrogens (primary N) is 1. The fraction of sp³-hybridized carbons (Fsp3) is 0.364. The largest absolute Gasteiger partial charge is 0.329 e. The fourth-order valence-corrected chi connectivity index (χ4v) is 3.51. The first-order valence-electron chi connectivity index (χ1n) is 5.38. The molecule has 0 saturated heterocycles. The van der Waals surface area contributed by atoms with Gasteiger partial charge in [-0.2, -0.15) is 0 Å². The van der Waals surface area contributed by atoms with Gasteiger partial charge in [-0.05, 0) is 24.1 Å². The summed E-state index contributed by atoms with van der Waals surface area (Å²) >= 11 is 0. The van der Waals surface area contributed by atoms with Gasteiger partial charge in [0.05, 0.1) is 10.6 Å². The maximum Gasteiger partial charge on any atom is 0.244 e. The summed E-state index contributed by atoms with van der Waals surface area (Å²) in [5.74, 6) is -0.552. The number of carbonyl (C=O) groups excluding carboxylic acids is 1. The van der Waals surface area contributed by atoms with Gasteiger partial charge in [0.2, 0.25) is 5.91 Å². The average molecular weight is 254 g/mol. The first kappa shape index (κ1) is 12.1. The van der Waals surface area contributed by atoms with E-state index in [1.54, 1.807) is 18.2 Å². The molecule has 3 N–H and O–H groups in total. The number of hydrogen-bond donors (Lipinski definition) is 2. The number of anilines is 1. The second-order valence-electron chi connectivity index (χ2n) is 3.94. The summed E-state index contributed by atoms with van der Waals surface area (Å²) in [6.45, 7) is 1.74. The van der Waals surface area contributed by atoms with Crippen molar-refractivity contribution >= 4 is 21.4 Å². The normalized spacial score (nSPS) is 21.8. The lowest BCUT2D eigenvalue weighted by atomic mass is 10.1. The highest BCUT2D eigenvalue weighted by Crippen LogP contribution is 2.30. The van der Waals surface area contributed by atoms with Crippen molar-refractivity contribution in [2.75, 3.05) is 11.9 Å². The smallest absolute Gasteiger partial charge is 0.244 e. The minimum atomic E-state index is -3.65. The molecule has 2 rings (SSSR count). The van der Waals surface area contributed by atoms with Crippen LogP contribution in [-0.4, -0.2) is 26.1 Å². The van der Waals surface area contributed by atoms with E-state index < -0.39 is 21.0 Å². The number of nitrogens with one attached hydrogen (secondary N) is 1. The van der Waals surface area contributed by atoms with Gasteiger partial charge in [-0.1, -0.05) is 13.0 Å². The summed E-state index contributed by atoms with van der Waals surface area (Å²) in [5, 5.41) is 1.39. The molecule has 92 valence electrons. The average Bonchev–Trinajstić information content (AvgIpc) is 2.28. The van der Waals surface area contributed by atoms with Crippen LogP contribution >= 0.6 is 0 Å². The monoisotopic (exact) mass is 254 g/mol. The third-order valence-electron chi connectivity index (χ3n) is 2.90. The maximum atomic E-state index is 12.2. The van der Waals surface area contributed by atoms with Gasteiger partial charge in [-0.25, -0.2) is 8.42 Å². The predicted molar refractivity (Wildman–Crippen MR) is 64.5 cm³/mol. The Kier molecular flexibility index (Phi) is 2.92. The molecule has 1 amide bonds. The minimum Gasteiger partial charge on any atom is -0.329 e. The molecule has 1 unspecified atom stereocenters. The van der Waals surface area contributed by atoms with Crippen LogP contribution < -0.4 is 11.1 Å². The topological polar surface area (TPSA) is 89.3 Å². The number of rotatable bonds is 2. The van der Waals surface area contributed by atoms with Crippen LogP contribution in [0.4, 0.5) is 5.69 Å². The van der Waals surface area contributed by atoms with E-state index in [0.717, 1.165) is 12.0 Å². The van der Waals surface area contributed by atoms with Crippen molar-refractivity contribution in [1.82, 2.24) is 0 Å². The second kappa shape index (κ2) is 4.12. The van der Waals surface area contributed by atoms with Crippen LogP contribution in [0.15, 0.2) is 23.1 Å². The number of fused-ring (bicyclic) bond motifs is 1. The summed E-state index contributed by atoms with van der Waals surface area (Å²) in [6.07, 6.45) is 0.740. The minimum absolute atomic E-state index is 0.173. The van der Waals surface area contributed by atoms with E-state index >= 15 is 0 Å². The number of sulfone groups is 1. The van der Waals surface area contributed by atoms with Crippen molar-refractivity contribution in [3.63, 3.8) is 0 Å². The van der Waals surface area contributed by atoms with Gasteiger partial charge in [0.1, 0.15) is 0 Å². The Balaban J connectivity index is 2.64. The molecular formula is C11H14N2O3S. The summed E-state index contributed by atoms with van der Waals surface area (Å²) < 4.78 is 24.3. The van der Waals surface area contributed by atoms with E-state index in [2.05, 4.69) is 5.32 Å². The van der Waals surface area contributed by atoms with E-state index in [-0.39, 0.29) is 11.4 Å². The van der Waals surface area contributed by atoms with Crippen molar-refractivity contribution in [2.45, 2.75) is 23.5 Å². The highest BCUT2D eigenvalue weighted by atomic mass is 32.2. The predicted octanol–water partition coefficient (Wildman–Crippen LogP) is 0.302. The van der Waals surface area contributed by atoms with Crippen molar-refractivity contribution in [3.05, 3.63) is 23.8 Å². The van der Waals surface area contributed by atoms with E-state index in [0.29, 0.717) is 5.69 Å². The van der Waals surface area contributed by atoms with Crippen molar-refractivity contribution in [1.29, 1.82) is 0 Å². The van der Waals surface area contributed by atoms with E-state index in [9.17, 15) is 13.2 Å². The van der Waals surface area contributed by atoms with Crippen molar-refractivity contribution in [2.24, 2.45) is 5.73 Å². The van der Waals surface area contributed by atoms with Crippen molar-refractivity contribution < 1.29 is 13.2 Å². The van der Waals surface area contributed by atoms with Gasteiger partial charge in [0.15, 0.2) is 15.1 Å². The van der Waals surface area contributed by atoms with Crippen molar-refractivity contribution in [3.8, 4) is 0 Å². The Hall–Kier alpha value is -1.40. The van der Waals surface area contributed by atoms with Gasteiger partial charge in [-0.3, -0.25) is 4.79 Å². The van der Waals surface area contributed by atoms with Crippen LogP contribution in [-0.2, 0) is 21.1 Å². The fourth-order valence-electron chi connectivity index (χ4n) is 1.87. The quantitative estimate of drug-likeness (QED) is 0.794. The van der Waals surface area contributed by atoms with Crippen LogP contribution in [0.5, 0.6) is 0 Å². The standard InChI is InChI=1S/C11H14N2O3S/c1-2-7-3-4-8-9(5-7)17(15,16)10(6-12)11(14)13-8/h3-5,10H,2,6,12H2,1H3,(H,13,14). The number of hydrogen-bond acceptors (Lipinski definition) is 4. The number of amides is 1. The molecule has 1 aliphatic rings. The Morgan fingerprint density at radius 1 is 1.41 bits per heavy atom. The summed E-state index contributed by atoms with van der Waals surface area (Å²) in [7, 11) is -3.65. The van der Waals surface area contributed by atoms with Crippen LogP contribution in [0.25, 0.3) is 0 Å². The van der Waals surface area contributed by atoms with E-state index in [1.807, 2.05) is 6.92 Å². The molecule has 1 atom stereocenters. The van der Waals surface area contributed by atoms with E-state index in [4.69, 9.17) is 5.73 Å². The second-order valence-corrected chi connectivity index (χ2v) is 6.04. The molecule has 1 heterocycles. The molecule has 0 fully saturated rings. The molecule has 1 aliphatic heterocycles. The third kappa shape index (κ3) is 1.83. The van der Waals surface area contributed by atoms with Crippen LogP contribution in [0, 0.1) is 0 Å². The molecule has 0 aliphatic carbocycles. The van der Waals surface area contributed by atoms with Gasteiger partial charge in [-0.15, -0.1) is 0 Å². The Bertz CT molecular complexity index is 566. The molecule has 6 heteroatoms. The SMILES string of the molecule is CCc1ccc2c(c1)S(=O)(=O)C(CN)C(=O)N2. The summed E-state index contributed by atoms with van der Waals surface area (Å²) in [6, 6.07) is 5.03. The zero-order valence-electron chi connectivity index (χ0n) is 9.43. The molecule has 1 aromatic carbocycles. The molecule has 0 bridgehead atoms. The maximum absolute atomic E-state index is 12.2. The van der Waals surface area contributed by atoms with Crippen LogP contribution in [0.3, 0.4) is 0 Å². The van der Waals surface area contributed by atoms with Crippen LogP contribution in [0.1, 0.15) is 12.5 Å². The molecule has 1 aromatic rings. The summed E-state index contributed by atoms with van der Waals surface area (Å²) in [4.78, 5) is 11.8. The lowest BCUT2D eigenvalue weighted by Crippen LogP contribution is -2.44. The summed E-state index contributed by atoms with van der Waals surface area (Å²) in [5.41, 5.74) is 6.62. The number of carbonyl (C=O) groups is 1. The first-order chi connectivity index (χ1) is 8.00. The van der Waals surface area contributed by atoms with Gasteiger partial charge in [0.25, 0.3) is 0 Å². The lowest BCUT2D eigenvalue weighted by Gasteiger charge is -2.24. The molecule has 0 saturated carbocycles. The Morgan fingerprint density at radius 3 is 2.71 bits per heavy atom. The Morgan fingerprint density at radius 2 is 2.12 bits per heavy atom. The highest BCUT2D eigenvalue weighted by molar-refractivity contribution is 7.93. The van der Waals surface area contributed by atoms with Gasteiger partial charge in [0, 0.05) is 6.54 Å². The first-order valence-corrected chi connectivity index (χ1v) is 6.93. The molecule has 0 spiro atoms.